The van der Waals surface area contributed by atoms with Crippen LogP contribution in [0.1, 0.15) is 12.2 Å². The first-order valence-electron chi connectivity index (χ1n) is 7.97. The van der Waals surface area contributed by atoms with Gasteiger partial charge in [-0.15, -0.1) is 10.2 Å². The Morgan fingerprint density at radius 3 is 2.96 bits per heavy atom. The molecule has 8 heteroatoms. The molecule has 1 aliphatic heterocycles. The highest BCUT2D eigenvalue weighted by Gasteiger charge is 2.24. The van der Waals surface area contributed by atoms with Gasteiger partial charge in [-0.3, -0.25) is 4.99 Å². The number of rotatable bonds is 4. The molecule has 24 heavy (non-hydrogen) atoms. The highest BCUT2D eigenvalue weighted by atomic mass is 79.9. The quantitative estimate of drug-likeness (QED) is 0.610. The van der Waals surface area contributed by atoms with Crippen molar-refractivity contribution in [2.75, 3.05) is 25.0 Å². The van der Waals surface area contributed by atoms with Crippen LogP contribution in [-0.4, -0.2) is 46.9 Å². The van der Waals surface area contributed by atoms with E-state index in [0.717, 1.165) is 35.8 Å². The highest BCUT2D eigenvalue weighted by molar-refractivity contribution is 9.10. The van der Waals surface area contributed by atoms with Gasteiger partial charge in [0.05, 0.1) is 12.2 Å². The Labute approximate surface area is 150 Å². The lowest BCUT2D eigenvalue weighted by Gasteiger charge is -2.21. The summed E-state index contributed by atoms with van der Waals surface area (Å²) >= 11 is 3.63. The van der Waals surface area contributed by atoms with Crippen molar-refractivity contribution in [2.24, 2.45) is 12.0 Å². The van der Waals surface area contributed by atoms with Crippen molar-refractivity contribution in [1.29, 1.82) is 0 Å². The van der Waals surface area contributed by atoms with Crippen LogP contribution in [0.2, 0.25) is 0 Å². The largest absolute Gasteiger partial charge is 0.368 e. The lowest BCUT2D eigenvalue weighted by Crippen LogP contribution is -2.44. The van der Waals surface area contributed by atoms with E-state index in [1.54, 1.807) is 13.4 Å². The van der Waals surface area contributed by atoms with Crippen LogP contribution in [0.4, 0.5) is 5.69 Å². The number of halogens is 1. The van der Waals surface area contributed by atoms with Gasteiger partial charge in [0.2, 0.25) is 0 Å². The van der Waals surface area contributed by atoms with Crippen molar-refractivity contribution < 1.29 is 0 Å². The molecule has 2 aromatic rings. The fraction of sp³-hybridized carbons (Fsp3) is 0.438. The lowest BCUT2D eigenvalue weighted by atomic mass is 10.3. The summed E-state index contributed by atoms with van der Waals surface area (Å²) in [7, 11) is 3.71. The molecule has 1 aromatic carbocycles. The van der Waals surface area contributed by atoms with E-state index in [9.17, 15) is 0 Å². The SMILES string of the molecule is CN=C(NCc1nncn1C)NC1CCN(c2ccccc2Br)C1. The van der Waals surface area contributed by atoms with E-state index in [1.165, 1.54) is 5.69 Å². The molecule has 1 aliphatic rings. The number of aromatic nitrogens is 3. The number of hydrogen-bond acceptors (Lipinski definition) is 4. The van der Waals surface area contributed by atoms with Gasteiger partial charge in [-0.25, -0.2) is 0 Å². The van der Waals surface area contributed by atoms with Crippen LogP contribution in [0.25, 0.3) is 0 Å². The Morgan fingerprint density at radius 1 is 1.42 bits per heavy atom. The molecule has 2 heterocycles. The minimum absolute atomic E-state index is 0.364. The van der Waals surface area contributed by atoms with Crippen molar-refractivity contribution in [3.63, 3.8) is 0 Å². The standard InChI is InChI=1S/C16H22BrN7/c1-18-16(19-9-15-22-20-11-23(15)2)21-12-7-8-24(10-12)14-6-4-3-5-13(14)17/h3-6,11-12H,7-10H2,1-2H3,(H2,18,19,21). The van der Waals surface area contributed by atoms with E-state index in [2.05, 4.69) is 64.9 Å². The molecule has 0 amide bonds. The van der Waals surface area contributed by atoms with Gasteiger partial charge in [0.25, 0.3) is 0 Å². The average molecular weight is 392 g/mol. The summed E-state index contributed by atoms with van der Waals surface area (Å²) in [6.45, 7) is 2.57. The van der Waals surface area contributed by atoms with Crippen molar-refractivity contribution in [1.82, 2.24) is 25.4 Å². The third-order valence-corrected chi connectivity index (χ3v) is 4.84. The maximum Gasteiger partial charge on any atom is 0.191 e. The van der Waals surface area contributed by atoms with Crippen LogP contribution < -0.4 is 15.5 Å². The number of guanidine groups is 1. The van der Waals surface area contributed by atoms with Crippen LogP contribution in [-0.2, 0) is 13.6 Å². The summed E-state index contributed by atoms with van der Waals surface area (Å²) in [5.74, 6) is 1.66. The zero-order valence-electron chi connectivity index (χ0n) is 13.9. The Bertz CT molecular complexity index is 712. The summed E-state index contributed by atoms with van der Waals surface area (Å²) in [6.07, 6.45) is 2.77. The number of benzene rings is 1. The second-order valence-electron chi connectivity index (χ2n) is 5.81. The third-order valence-electron chi connectivity index (χ3n) is 4.16. The normalized spacial score (nSPS) is 18.0. The minimum Gasteiger partial charge on any atom is -0.368 e. The zero-order chi connectivity index (χ0) is 16.9. The van der Waals surface area contributed by atoms with Gasteiger partial charge in [0.15, 0.2) is 11.8 Å². The molecule has 2 N–H and O–H groups in total. The molecule has 1 unspecified atom stereocenters. The molecule has 0 saturated carbocycles. The summed E-state index contributed by atoms with van der Waals surface area (Å²) in [4.78, 5) is 6.69. The number of nitrogens with zero attached hydrogens (tertiary/aromatic N) is 5. The molecule has 128 valence electrons. The second-order valence-corrected chi connectivity index (χ2v) is 6.67. The van der Waals surface area contributed by atoms with Crippen LogP contribution >= 0.6 is 15.9 Å². The van der Waals surface area contributed by atoms with Crippen molar-refractivity contribution in [2.45, 2.75) is 19.0 Å². The Balaban J connectivity index is 1.54. The smallest absolute Gasteiger partial charge is 0.191 e. The molecule has 1 fully saturated rings. The summed E-state index contributed by atoms with van der Waals surface area (Å²) in [5, 5.41) is 14.7. The van der Waals surface area contributed by atoms with E-state index >= 15 is 0 Å². The van der Waals surface area contributed by atoms with Crippen LogP contribution in [0.3, 0.4) is 0 Å². The fourth-order valence-electron chi connectivity index (χ4n) is 2.82. The maximum atomic E-state index is 4.31. The Kier molecular flexibility index (Phi) is 5.34. The second kappa shape index (κ2) is 7.65. The molecule has 0 aliphatic carbocycles. The van der Waals surface area contributed by atoms with E-state index in [1.807, 2.05) is 17.7 Å². The molecule has 0 bridgehead atoms. The minimum atomic E-state index is 0.364. The topological polar surface area (TPSA) is 70.4 Å². The first kappa shape index (κ1) is 16.8. The van der Waals surface area contributed by atoms with Crippen LogP contribution in [0, 0.1) is 0 Å². The number of anilines is 1. The molecule has 1 saturated heterocycles. The van der Waals surface area contributed by atoms with E-state index in [-0.39, 0.29) is 0 Å². The Morgan fingerprint density at radius 2 is 2.25 bits per heavy atom. The van der Waals surface area contributed by atoms with E-state index < -0.39 is 0 Å². The molecule has 1 atom stereocenters. The van der Waals surface area contributed by atoms with Crippen molar-refractivity contribution in [3.05, 3.63) is 40.9 Å². The van der Waals surface area contributed by atoms with Crippen molar-refractivity contribution >= 4 is 27.6 Å². The average Bonchev–Trinajstić information content (AvgIpc) is 3.21. The maximum absolute atomic E-state index is 4.31. The monoisotopic (exact) mass is 391 g/mol. The summed E-state index contributed by atoms with van der Waals surface area (Å²) in [6, 6.07) is 8.70. The molecule has 0 spiro atoms. The molecule has 3 rings (SSSR count). The third kappa shape index (κ3) is 3.87. The van der Waals surface area contributed by atoms with E-state index in [0.29, 0.717) is 12.6 Å². The van der Waals surface area contributed by atoms with Gasteiger partial charge in [-0.05, 0) is 34.5 Å². The van der Waals surface area contributed by atoms with Crippen LogP contribution in [0.5, 0.6) is 0 Å². The number of hydrogen-bond donors (Lipinski definition) is 2. The summed E-state index contributed by atoms with van der Waals surface area (Å²) < 4.78 is 3.03. The number of nitrogens with one attached hydrogen (secondary N) is 2. The highest BCUT2D eigenvalue weighted by Crippen LogP contribution is 2.28. The van der Waals surface area contributed by atoms with Crippen molar-refractivity contribution in [3.8, 4) is 0 Å². The predicted molar refractivity (Wildman–Crippen MR) is 99.1 cm³/mol. The molecular weight excluding hydrogens is 370 g/mol. The van der Waals surface area contributed by atoms with Gasteiger partial charge in [0.1, 0.15) is 6.33 Å². The van der Waals surface area contributed by atoms with Crippen LogP contribution in [0.15, 0.2) is 40.1 Å². The molecular formula is C16H22BrN7. The fourth-order valence-corrected chi connectivity index (χ4v) is 3.36. The van der Waals surface area contributed by atoms with Gasteiger partial charge >= 0.3 is 0 Å². The van der Waals surface area contributed by atoms with E-state index in [4.69, 9.17) is 0 Å². The lowest BCUT2D eigenvalue weighted by molar-refractivity contribution is 0.640. The first-order chi connectivity index (χ1) is 11.7. The van der Waals surface area contributed by atoms with Gasteiger partial charge in [-0.2, -0.15) is 0 Å². The Hall–Kier alpha value is -2.09. The first-order valence-corrected chi connectivity index (χ1v) is 8.76. The zero-order valence-corrected chi connectivity index (χ0v) is 15.5. The van der Waals surface area contributed by atoms with Gasteiger partial charge < -0.3 is 20.1 Å². The van der Waals surface area contributed by atoms with Gasteiger partial charge in [-0.1, -0.05) is 12.1 Å². The number of aryl methyl sites for hydroxylation is 1. The predicted octanol–water partition coefficient (Wildman–Crippen LogP) is 1.52. The summed E-state index contributed by atoms with van der Waals surface area (Å²) in [5.41, 5.74) is 1.24. The number of para-hydroxylation sites is 1. The number of aliphatic imine (C=N–C) groups is 1. The molecule has 0 radical (unpaired) electrons. The van der Waals surface area contributed by atoms with Gasteiger partial charge in [0, 0.05) is 37.7 Å². The molecule has 7 nitrogen and oxygen atoms in total. The molecule has 1 aromatic heterocycles.